The fourth-order valence-corrected chi connectivity index (χ4v) is 3.78. The lowest BCUT2D eigenvalue weighted by Crippen LogP contribution is -2.26. The molecule has 3 aromatic rings. The molecule has 25 heavy (non-hydrogen) atoms. The number of hydrogen-bond acceptors (Lipinski definition) is 4. The molecule has 0 spiro atoms. The van der Waals surface area contributed by atoms with Gasteiger partial charge in [-0.3, -0.25) is 4.98 Å². The predicted molar refractivity (Wildman–Crippen MR) is 98.5 cm³/mol. The number of ether oxygens (including phenoxy) is 1. The lowest BCUT2D eigenvalue weighted by Gasteiger charge is -2.19. The summed E-state index contributed by atoms with van der Waals surface area (Å²) >= 11 is 6.25. The molecule has 6 heteroatoms. The van der Waals surface area contributed by atoms with E-state index in [0.717, 1.165) is 53.4 Å². The number of nitrogens with zero attached hydrogens (tertiary/aromatic N) is 3. The molecule has 0 radical (unpaired) electrons. The summed E-state index contributed by atoms with van der Waals surface area (Å²) in [5.41, 5.74) is 2.12. The fourth-order valence-electron chi connectivity index (χ4n) is 3.53. The van der Waals surface area contributed by atoms with Crippen LogP contribution in [0, 0.1) is 5.92 Å². The van der Waals surface area contributed by atoms with Gasteiger partial charge in [-0.1, -0.05) is 17.7 Å². The Hall–Kier alpha value is -1.95. The number of imidazole rings is 1. The maximum Gasteiger partial charge on any atom is 0.137 e. The van der Waals surface area contributed by atoms with Gasteiger partial charge in [0.25, 0.3) is 0 Å². The number of aryl methyl sites for hydroxylation is 1. The summed E-state index contributed by atoms with van der Waals surface area (Å²) in [6.45, 7) is 2.39. The van der Waals surface area contributed by atoms with E-state index in [1.807, 2.05) is 54.5 Å². The Morgan fingerprint density at radius 3 is 3.08 bits per heavy atom. The largest absolute Gasteiger partial charge is 0.370 e. The van der Waals surface area contributed by atoms with Crippen LogP contribution in [0.1, 0.15) is 23.9 Å². The van der Waals surface area contributed by atoms with E-state index in [1.54, 1.807) is 0 Å². The van der Waals surface area contributed by atoms with Crippen molar-refractivity contribution in [1.82, 2.24) is 19.9 Å². The summed E-state index contributed by atoms with van der Waals surface area (Å²) < 4.78 is 7.97. The van der Waals surface area contributed by atoms with Crippen molar-refractivity contribution < 1.29 is 4.74 Å². The molecular formula is C19H21ClN4O. The molecule has 1 aliphatic heterocycles. The molecule has 0 unspecified atom stereocenters. The third-order valence-electron chi connectivity index (χ3n) is 4.80. The second-order valence-corrected chi connectivity index (χ2v) is 6.94. The molecule has 0 saturated carbocycles. The second-order valence-electron chi connectivity index (χ2n) is 6.51. The minimum Gasteiger partial charge on any atom is -0.370 e. The SMILES string of the molecule is Cn1ccnc1[C@@H]1OCC[C@H]1CNCc1cc(Cl)cc2cccnc12. The number of rotatable bonds is 5. The fraction of sp³-hybridized carbons (Fsp3) is 0.368. The highest BCUT2D eigenvalue weighted by molar-refractivity contribution is 6.31. The van der Waals surface area contributed by atoms with Crippen molar-refractivity contribution in [2.75, 3.05) is 13.2 Å². The monoisotopic (exact) mass is 356 g/mol. The minimum absolute atomic E-state index is 0.0572. The lowest BCUT2D eigenvalue weighted by atomic mass is 10.0. The first-order valence-corrected chi connectivity index (χ1v) is 8.93. The van der Waals surface area contributed by atoms with Crippen LogP contribution >= 0.6 is 11.6 Å². The number of fused-ring (bicyclic) bond motifs is 1. The van der Waals surface area contributed by atoms with Crippen LogP contribution in [0.3, 0.4) is 0 Å². The van der Waals surface area contributed by atoms with Crippen molar-refractivity contribution in [2.24, 2.45) is 13.0 Å². The number of pyridine rings is 1. The van der Waals surface area contributed by atoms with Crippen molar-refractivity contribution in [3.63, 3.8) is 0 Å². The summed E-state index contributed by atoms with van der Waals surface area (Å²) in [4.78, 5) is 8.95. The van der Waals surface area contributed by atoms with Gasteiger partial charge in [0.15, 0.2) is 0 Å². The maximum absolute atomic E-state index is 6.25. The van der Waals surface area contributed by atoms with E-state index < -0.39 is 0 Å². The third-order valence-corrected chi connectivity index (χ3v) is 5.02. The normalized spacial score (nSPS) is 20.4. The highest BCUT2D eigenvalue weighted by Gasteiger charge is 2.31. The topological polar surface area (TPSA) is 52.0 Å². The van der Waals surface area contributed by atoms with Crippen LogP contribution in [0.15, 0.2) is 42.9 Å². The summed E-state index contributed by atoms with van der Waals surface area (Å²) in [7, 11) is 2.01. The van der Waals surface area contributed by atoms with Crippen molar-refractivity contribution in [2.45, 2.75) is 19.1 Å². The van der Waals surface area contributed by atoms with E-state index in [1.165, 1.54) is 0 Å². The molecule has 4 rings (SSSR count). The van der Waals surface area contributed by atoms with E-state index in [2.05, 4.69) is 15.3 Å². The maximum atomic E-state index is 6.25. The predicted octanol–water partition coefficient (Wildman–Crippen LogP) is 3.49. The Morgan fingerprint density at radius 1 is 1.32 bits per heavy atom. The second kappa shape index (κ2) is 7.12. The first-order valence-electron chi connectivity index (χ1n) is 8.55. The van der Waals surface area contributed by atoms with Crippen LogP contribution in [-0.2, 0) is 18.3 Å². The van der Waals surface area contributed by atoms with Gasteiger partial charge in [0.05, 0.1) is 5.52 Å². The number of aromatic nitrogens is 3. The summed E-state index contributed by atoms with van der Waals surface area (Å²) in [5, 5.41) is 5.37. The molecule has 1 saturated heterocycles. The molecule has 0 aliphatic carbocycles. The summed E-state index contributed by atoms with van der Waals surface area (Å²) in [6.07, 6.45) is 6.71. The van der Waals surface area contributed by atoms with E-state index in [-0.39, 0.29) is 6.10 Å². The third kappa shape index (κ3) is 3.40. The van der Waals surface area contributed by atoms with E-state index in [9.17, 15) is 0 Å². The lowest BCUT2D eigenvalue weighted by molar-refractivity contribution is 0.0811. The Morgan fingerprint density at radius 2 is 2.24 bits per heavy atom. The number of hydrogen-bond donors (Lipinski definition) is 1. The van der Waals surface area contributed by atoms with E-state index in [4.69, 9.17) is 16.3 Å². The van der Waals surface area contributed by atoms with E-state index >= 15 is 0 Å². The molecule has 2 atom stereocenters. The summed E-state index contributed by atoms with van der Waals surface area (Å²) in [5.74, 6) is 1.42. The number of benzene rings is 1. The molecular weight excluding hydrogens is 336 g/mol. The molecule has 1 fully saturated rings. The Bertz CT molecular complexity index is 879. The van der Waals surface area contributed by atoms with E-state index in [0.29, 0.717) is 5.92 Å². The van der Waals surface area contributed by atoms with Gasteiger partial charge < -0.3 is 14.6 Å². The van der Waals surface area contributed by atoms with Gasteiger partial charge in [-0.05, 0) is 30.2 Å². The molecule has 3 heterocycles. The molecule has 1 N–H and O–H groups in total. The van der Waals surface area contributed by atoms with Crippen LogP contribution in [0.4, 0.5) is 0 Å². The first kappa shape index (κ1) is 16.5. The zero-order valence-electron chi connectivity index (χ0n) is 14.2. The minimum atomic E-state index is 0.0572. The average molecular weight is 357 g/mol. The van der Waals surface area contributed by atoms with Crippen molar-refractivity contribution >= 4 is 22.5 Å². The highest BCUT2D eigenvalue weighted by Crippen LogP contribution is 2.33. The van der Waals surface area contributed by atoms with Gasteiger partial charge >= 0.3 is 0 Å². The molecule has 2 aromatic heterocycles. The Kier molecular flexibility index (Phi) is 4.70. The van der Waals surface area contributed by atoms with Crippen LogP contribution in [0.2, 0.25) is 5.02 Å². The zero-order valence-corrected chi connectivity index (χ0v) is 14.9. The zero-order chi connectivity index (χ0) is 17.2. The van der Waals surface area contributed by atoms with Gasteiger partial charge in [-0.25, -0.2) is 4.98 Å². The smallest absolute Gasteiger partial charge is 0.137 e. The molecule has 130 valence electrons. The van der Waals surface area contributed by atoms with Crippen LogP contribution in [0.5, 0.6) is 0 Å². The van der Waals surface area contributed by atoms with Crippen LogP contribution in [0.25, 0.3) is 10.9 Å². The van der Waals surface area contributed by atoms with Crippen molar-refractivity contribution in [1.29, 1.82) is 0 Å². The quantitative estimate of drug-likeness (QED) is 0.760. The number of halogens is 1. The highest BCUT2D eigenvalue weighted by atomic mass is 35.5. The average Bonchev–Trinajstić information content (AvgIpc) is 3.23. The first-order chi connectivity index (χ1) is 12.2. The van der Waals surface area contributed by atoms with Crippen LogP contribution < -0.4 is 5.32 Å². The Balaban J connectivity index is 1.45. The Labute approximate surface area is 152 Å². The van der Waals surface area contributed by atoms with Crippen LogP contribution in [-0.4, -0.2) is 27.7 Å². The van der Waals surface area contributed by atoms with Crippen molar-refractivity contribution in [3.05, 3.63) is 59.3 Å². The van der Waals surface area contributed by atoms with Gasteiger partial charge in [-0.2, -0.15) is 0 Å². The number of nitrogens with one attached hydrogen (secondary N) is 1. The van der Waals surface area contributed by atoms with Gasteiger partial charge in [0, 0.05) is 61.7 Å². The summed E-state index contributed by atoms with van der Waals surface area (Å²) in [6, 6.07) is 7.92. The standard InChI is InChI=1S/C19H21ClN4O/c1-24-7-6-23-19(24)18-14(4-8-25-18)11-21-12-15-10-16(20)9-13-3-2-5-22-17(13)15/h2-3,5-7,9-10,14,18,21H,4,8,11-12H2,1H3/t14-,18+/m0/s1. The van der Waals surface area contributed by atoms with Gasteiger partial charge in [0.1, 0.15) is 11.9 Å². The van der Waals surface area contributed by atoms with Gasteiger partial charge in [-0.15, -0.1) is 0 Å². The molecule has 1 aliphatic rings. The molecule has 0 amide bonds. The molecule has 0 bridgehead atoms. The molecule has 1 aromatic carbocycles. The van der Waals surface area contributed by atoms with Gasteiger partial charge in [0.2, 0.25) is 0 Å². The van der Waals surface area contributed by atoms with Crippen molar-refractivity contribution in [3.8, 4) is 0 Å². The molecule has 5 nitrogen and oxygen atoms in total.